The molecule has 0 radical (unpaired) electrons. The molecule has 0 aliphatic carbocycles. The van der Waals surface area contributed by atoms with Gasteiger partial charge in [-0.2, -0.15) is 8.78 Å². The van der Waals surface area contributed by atoms with Crippen molar-refractivity contribution in [2.75, 3.05) is 11.1 Å². The van der Waals surface area contributed by atoms with Crippen LogP contribution in [0.25, 0.3) is 0 Å². The highest BCUT2D eigenvalue weighted by Gasteiger charge is 2.13. The quantitative estimate of drug-likeness (QED) is 0.827. The minimum atomic E-state index is -3.12. The van der Waals surface area contributed by atoms with Crippen molar-refractivity contribution in [3.05, 3.63) is 35.8 Å². The van der Waals surface area contributed by atoms with Crippen LogP contribution in [-0.4, -0.2) is 11.6 Å². The lowest BCUT2D eigenvalue weighted by Gasteiger charge is -2.11. The van der Waals surface area contributed by atoms with Crippen LogP contribution in [0, 0.1) is 12.7 Å². The number of benzene rings is 1. The molecule has 0 atom stereocenters. The standard InChI is InChI=1S/C12H12F3N3O2/c1-6-4-18-11(19-6)5-17-9-3-10(20-12(14)15)7(13)2-8(9)16/h2-4,12,17H,5,16H2,1H3. The van der Waals surface area contributed by atoms with Gasteiger partial charge < -0.3 is 20.2 Å². The number of hydrogen-bond acceptors (Lipinski definition) is 5. The molecule has 1 aromatic heterocycles. The van der Waals surface area contributed by atoms with Crippen LogP contribution in [0.5, 0.6) is 5.75 Å². The molecule has 8 heteroatoms. The van der Waals surface area contributed by atoms with E-state index in [1.54, 1.807) is 6.92 Å². The van der Waals surface area contributed by atoms with Gasteiger partial charge in [0.1, 0.15) is 5.76 Å². The summed E-state index contributed by atoms with van der Waals surface area (Å²) < 4.78 is 46.9. The van der Waals surface area contributed by atoms with Crippen LogP contribution in [0.3, 0.4) is 0 Å². The Kier molecular flexibility index (Phi) is 4.02. The summed E-state index contributed by atoms with van der Waals surface area (Å²) in [4.78, 5) is 3.95. The molecule has 2 rings (SSSR count). The van der Waals surface area contributed by atoms with Crippen LogP contribution in [0.1, 0.15) is 11.7 Å². The highest BCUT2D eigenvalue weighted by molar-refractivity contribution is 5.68. The van der Waals surface area contributed by atoms with Crippen molar-refractivity contribution < 1.29 is 22.3 Å². The number of nitrogens with one attached hydrogen (secondary N) is 1. The fourth-order valence-corrected chi connectivity index (χ4v) is 1.56. The van der Waals surface area contributed by atoms with Gasteiger partial charge in [-0.3, -0.25) is 0 Å². The summed E-state index contributed by atoms with van der Waals surface area (Å²) in [6.45, 7) is -1.20. The first-order valence-electron chi connectivity index (χ1n) is 5.64. The molecule has 0 bridgehead atoms. The molecular formula is C12H12F3N3O2. The number of anilines is 2. The Labute approximate surface area is 112 Å². The molecule has 0 saturated carbocycles. The highest BCUT2D eigenvalue weighted by Crippen LogP contribution is 2.29. The Morgan fingerprint density at radius 1 is 1.45 bits per heavy atom. The Hall–Kier alpha value is -2.38. The number of nitrogens with zero attached hydrogens (tertiary/aromatic N) is 1. The van der Waals surface area contributed by atoms with E-state index < -0.39 is 18.2 Å². The van der Waals surface area contributed by atoms with Gasteiger partial charge in [0.15, 0.2) is 11.6 Å². The van der Waals surface area contributed by atoms with Gasteiger partial charge in [-0.1, -0.05) is 0 Å². The van der Waals surface area contributed by atoms with Crippen molar-refractivity contribution in [2.45, 2.75) is 20.1 Å². The monoisotopic (exact) mass is 287 g/mol. The Bertz CT molecular complexity index is 602. The zero-order valence-corrected chi connectivity index (χ0v) is 10.5. The zero-order chi connectivity index (χ0) is 14.7. The van der Waals surface area contributed by atoms with Gasteiger partial charge in [0.2, 0.25) is 5.89 Å². The largest absolute Gasteiger partial charge is 0.444 e. The molecule has 3 N–H and O–H groups in total. The molecule has 0 saturated heterocycles. The zero-order valence-electron chi connectivity index (χ0n) is 10.5. The van der Waals surface area contributed by atoms with Crippen LogP contribution in [-0.2, 0) is 6.54 Å². The van der Waals surface area contributed by atoms with E-state index in [-0.39, 0.29) is 17.9 Å². The van der Waals surface area contributed by atoms with Crippen molar-refractivity contribution in [3.8, 4) is 5.75 Å². The van der Waals surface area contributed by atoms with Gasteiger partial charge in [0.25, 0.3) is 0 Å². The maximum atomic E-state index is 13.4. The van der Waals surface area contributed by atoms with E-state index in [1.807, 2.05) is 0 Å². The van der Waals surface area contributed by atoms with Crippen molar-refractivity contribution in [1.29, 1.82) is 0 Å². The molecule has 5 nitrogen and oxygen atoms in total. The molecule has 0 amide bonds. The lowest BCUT2D eigenvalue weighted by atomic mass is 10.2. The van der Waals surface area contributed by atoms with Gasteiger partial charge in [-0.15, -0.1) is 0 Å². The molecule has 2 aromatic rings. The van der Waals surface area contributed by atoms with Crippen LogP contribution >= 0.6 is 0 Å². The topological polar surface area (TPSA) is 73.3 Å². The predicted molar refractivity (Wildman–Crippen MR) is 66.0 cm³/mol. The van der Waals surface area contributed by atoms with E-state index in [1.165, 1.54) is 6.20 Å². The van der Waals surface area contributed by atoms with Gasteiger partial charge >= 0.3 is 6.61 Å². The number of nitrogens with two attached hydrogens (primary N) is 1. The summed E-state index contributed by atoms with van der Waals surface area (Å²) >= 11 is 0. The lowest BCUT2D eigenvalue weighted by Crippen LogP contribution is -2.07. The summed E-state index contributed by atoms with van der Waals surface area (Å²) in [6.07, 6.45) is 1.54. The smallest absolute Gasteiger partial charge is 0.387 e. The second-order valence-electron chi connectivity index (χ2n) is 3.97. The minimum Gasteiger partial charge on any atom is -0.444 e. The Morgan fingerprint density at radius 3 is 2.80 bits per heavy atom. The van der Waals surface area contributed by atoms with E-state index in [2.05, 4.69) is 15.0 Å². The van der Waals surface area contributed by atoms with Crippen molar-refractivity contribution in [2.24, 2.45) is 0 Å². The SMILES string of the molecule is Cc1cnc(CNc2cc(OC(F)F)c(F)cc2N)o1. The van der Waals surface area contributed by atoms with Gasteiger partial charge in [0.05, 0.1) is 24.1 Å². The number of halogens is 3. The summed E-state index contributed by atoms with van der Waals surface area (Å²) in [5, 5.41) is 2.81. The fraction of sp³-hybridized carbons (Fsp3) is 0.250. The predicted octanol–water partition coefficient (Wildman–Crippen LogP) is 2.92. The Balaban J connectivity index is 2.14. The van der Waals surface area contributed by atoms with E-state index in [9.17, 15) is 13.2 Å². The number of aryl methyl sites for hydroxylation is 1. The molecule has 20 heavy (non-hydrogen) atoms. The molecule has 0 fully saturated rings. The van der Waals surface area contributed by atoms with E-state index in [0.717, 1.165) is 12.1 Å². The normalized spacial score (nSPS) is 10.8. The third-order valence-corrected chi connectivity index (χ3v) is 2.42. The second-order valence-corrected chi connectivity index (χ2v) is 3.97. The van der Waals surface area contributed by atoms with Crippen LogP contribution in [0.4, 0.5) is 24.5 Å². The molecule has 1 aromatic carbocycles. The van der Waals surface area contributed by atoms with Crippen molar-refractivity contribution in [1.82, 2.24) is 4.98 Å². The van der Waals surface area contributed by atoms with Crippen LogP contribution < -0.4 is 15.8 Å². The summed E-state index contributed by atoms with van der Waals surface area (Å²) in [5.41, 5.74) is 5.90. The van der Waals surface area contributed by atoms with Crippen LogP contribution in [0.2, 0.25) is 0 Å². The third kappa shape index (κ3) is 3.34. The van der Waals surface area contributed by atoms with Crippen molar-refractivity contribution in [3.63, 3.8) is 0 Å². The maximum absolute atomic E-state index is 13.4. The van der Waals surface area contributed by atoms with Crippen molar-refractivity contribution >= 4 is 11.4 Å². The number of nitrogen functional groups attached to an aromatic ring is 1. The van der Waals surface area contributed by atoms with Crippen LogP contribution in [0.15, 0.2) is 22.7 Å². The minimum absolute atomic E-state index is 0.0624. The number of rotatable bonds is 5. The van der Waals surface area contributed by atoms with Gasteiger partial charge in [-0.25, -0.2) is 9.37 Å². The maximum Gasteiger partial charge on any atom is 0.387 e. The third-order valence-electron chi connectivity index (χ3n) is 2.42. The number of aromatic nitrogens is 1. The fourth-order valence-electron chi connectivity index (χ4n) is 1.56. The van der Waals surface area contributed by atoms with Gasteiger partial charge in [0, 0.05) is 12.1 Å². The summed E-state index contributed by atoms with van der Waals surface area (Å²) in [7, 11) is 0. The average molecular weight is 287 g/mol. The number of hydrogen-bond donors (Lipinski definition) is 2. The summed E-state index contributed by atoms with van der Waals surface area (Å²) in [5.74, 6) is -0.515. The molecule has 0 unspecified atom stereocenters. The molecule has 108 valence electrons. The average Bonchev–Trinajstić information content (AvgIpc) is 2.76. The van der Waals surface area contributed by atoms with Gasteiger partial charge in [-0.05, 0) is 6.92 Å². The lowest BCUT2D eigenvalue weighted by molar-refractivity contribution is -0.0521. The number of ether oxygens (including phenoxy) is 1. The van der Waals surface area contributed by atoms with E-state index >= 15 is 0 Å². The molecule has 0 spiro atoms. The number of alkyl halides is 2. The first-order chi connectivity index (χ1) is 9.45. The Morgan fingerprint density at radius 2 is 2.20 bits per heavy atom. The molecule has 1 heterocycles. The van der Waals surface area contributed by atoms with E-state index in [0.29, 0.717) is 11.7 Å². The highest BCUT2D eigenvalue weighted by atomic mass is 19.3. The first kappa shape index (κ1) is 14.0. The molecule has 0 aliphatic heterocycles. The second kappa shape index (κ2) is 5.72. The molecular weight excluding hydrogens is 275 g/mol. The van der Waals surface area contributed by atoms with E-state index in [4.69, 9.17) is 10.2 Å². The summed E-state index contributed by atoms with van der Waals surface area (Å²) in [6, 6.07) is 1.97. The first-order valence-corrected chi connectivity index (χ1v) is 5.64. The number of oxazole rings is 1. The molecule has 0 aliphatic rings.